The lowest BCUT2D eigenvalue weighted by molar-refractivity contribution is 0.146. The van der Waals surface area contributed by atoms with Crippen LogP contribution in [-0.2, 0) is 11.3 Å². The zero-order chi connectivity index (χ0) is 11.8. The molecule has 0 aliphatic carbocycles. The molecule has 1 aromatic carbocycles. The van der Waals surface area contributed by atoms with Gasteiger partial charge in [0.05, 0.1) is 0 Å². The van der Waals surface area contributed by atoms with Crippen LogP contribution in [0.2, 0.25) is 0 Å². The second-order valence-electron chi connectivity index (χ2n) is 3.80. The molecule has 90 valence electrons. The van der Waals surface area contributed by atoms with E-state index in [0.29, 0.717) is 6.54 Å². The number of hydrogen-bond acceptors (Lipinski definition) is 3. The molecule has 0 amide bonds. The molecular weight excluding hydrogens is 200 g/mol. The third-order valence-corrected chi connectivity index (χ3v) is 2.61. The van der Waals surface area contributed by atoms with Gasteiger partial charge in [-0.25, -0.2) is 0 Å². The van der Waals surface area contributed by atoms with E-state index in [-0.39, 0.29) is 0 Å². The van der Waals surface area contributed by atoms with E-state index < -0.39 is 0 Å². The van der Waals surface area contributed by atoms with Gasteiger partial charge in [0.25, 0.3) is 0 Å². The molecule has 0 bridgehead atoms. The predicted octanol–water partition coefficient (Wildman–Crippen LogP) is 2.01. The summed E-state index contributed by atoms with van der Waals surface area (Å²) in [7, 11) is 2.10. The average molecular weight is 222 g/mol. The summed E-state index contributed by atoms with van der Waals surface area (Å²) in [5.41, 5.74) is 8.13. The minimum Gasteiger partial charge on any atom is -0.382 e. The van der Waals surface area contributed by atoms with Crippen molar-refractivity contribution in [3.63, 3.8) is 0 Å². The van der Waals surface area contributed by atoms with Crippen molar-refractivity contribution in [2.45, 2.75) is 19.9 Å². The van der Waals surface area contributed by atoms with E-state index in [0.717, 1.165) is 26.2 Å². The maximum atomic E-state index is 5.71. The van der Waals surface area contributed by atoms with Crippen molar-refractivity contribution in [1.82, 2.24) is 0 Å². The summed E-state index contributed by atoms with van der Waals surface area (Å²) in [6.07, 6.45) is 1.04. The van der Waals surface area contributed by atoms with Gasteiger partial charge in [-0.15, -0.1) is 0 Å². The van der Waals surface area contributed by atoms with Crippen LogP contribution in [0.3, 0.4) is 0 Å². The Balaban J connectivity index is 2.48. The standard InChI is InChI=1S/C13H22N2O/c1-3-16-10-6-9-15(2)13-8-5-4-7-12(13)11-14/h4-5,7-8H,3,6,9-11,14H2,1-2H3. The smallest absolute Gasteiger partial charge is 0.0482 e. The Hall–Kier alpha value is -1.06. The number of nitrogens with zero attached hydrogens (tertiary/aromatic N) is 1. The lowest BCUT2D eigenvalue weighted by atomic mass is 10.1. The maximum Gasteiger partial charge on any atom is 0.0482 e. The van der Waals surface area contributed by atoms with Crippen molar-refractivity contribution < 1.29 is 4.74 Å². The molecule has 0 aromatic heterocycles. The van der Waals surface area contributed by atoms with Crippen LogP contribution in [0.5, 0.6) is 0 Å². The molecule has 16 heavy (non-hydrogen) atoms. The summed E-state index contributed by atoms with van der Waals surface area (Å²) in [5, 5.41) is 0. The van der Waals surface area contributed by atoms with Crippen LogP contribution >= 0.6 is 0 Å². The quantitative estimate of drug-likeness (QED) is 0.717. The van der Waals surface area contributed by atoms with Crippen molar-refractivity contribution >= 4 is 5.69 Å². The van der Waals surface area contributed by atoms with E-state index in [9.17, 15) is 0 Å². The van der Waals surface area contributed by atoms with Crippen LogP contribution in [0.25, 0.3) is 0 Å². The molecule has 3 nitrogen and oxygen atoms in total. The van der Waals surface area contributed by atoms with Crippen molar-refractivity contribution in [2.24, 2.45) is 5.73 Å². The highest BCUT2D eigenvalue weighted by atomic mass is 16.5. The Morgan fingerprint density at radius 3 is 2.75 bits per heavy atom. The zero-order valence-electron chi connectivity index (χ0n) is 10.3. The molecule has 1 aromatic rings. The zero-order valence-corrected chi connectivity index (χ0v) is 10.3. The Labute approximate surface area is 98.2 Å². The summed E-state index contributed by atoms with van der Waals surface area (Å²) >= 11 is 0. The van der Waals surface area contributed by atoms with Crippen LogP contribution < -0.4 is 10.6 Å². The summed E-state index contributed by atoms with van der Waals surface area (Å²) in [5.74, 6) is 0. The highest BCUT2D eigenvalue weighted by Gasteiger charge is 2.04. The van der Waals surface area contributed by atoms with Crippen molar-refractivity contribution in [2.75, 3.05) is 31.7 Å². The number of anilines is 1. The van der Waals surface area contributed by atoms with E-state index in [2.05, 4.69) is 24.1 Å². The van der Waals surface area contributed by atoms with Gasteiger partial charge in [0.2, 0.25) is 0 Å². The number of hydrogen-bond donors (Lipinski definition) is 1. The molecule has 0 aliphatic rings. The molecule has 0 aliphatic heterocycles. The van der Waals surface area contributed by atoms with E-state index in [1.807, 2.05) is 19.1 Å². The van der Waals surface area contributed by atoms with Crippen molar-refractivity contribution in [1.29, 1.82) is 0 Å². The molecule has 2 N–H and O–H groups in total. The highest BCUT2D eigenvalue weighted by Crippen LogP contribution is 2.18. The first-order valence-electron chi connectivity index (χ1n) is 5.86. The number of nitrogens with two attached hydrogens (primary N) is 1. The molecule has 0 spiro atoms. The third kappa shape index (κ3) is 3.83. The second-order valence-corrected chi connectivity index (χ2v) is 3.80. The first-order chi connectivity index (χ1) is 7.79. The van der Waals surface area contributed by atoms with Gasteiger partial charge < -0.3 is 15.4 Å². The van der Waals surface area contributed by atoms with E-state index in [4.69, 9.17) is 10.5 Å². The molecule has 0 radical (unpaired) electrons. The van der Waals surface area contributed by atoms with E-state index >= 15 is 0 Å². The monoisotopic (exact) mass is 222 g/mol. The summed E-state index contributed by atoms with van der Waals surface area (Å²) in [4.78, 5) is 2.24. The van der Waals surface area contributed by atoms with Crippen LogP contribution in [0.1, 0.15) is 18.9 Å². The van der Waals surface area contributed by atoms with Crippen LogP contribution in [-0.4, -0.2) is 26.8 Å². The number of ether oxygens (including phenoxy) is 1. The first-order valence-corrected chi connectivity index (χ1v) is 5.86. The van der Waals surface area contributed by atoms with Crippen LogP contribution in [0.15, 0.2) is 24.3 Å². The van der Waals surface area contributed by atoms with Gasteiger partial charge in [-0.2, -0.15) is 0 Å². The fraction of sp³-hybridized carbons (Fsp3) is 0.538. The highest BCUT2D eigenvalue weighted by molar-refractivity contribution is 5.52. The lowest BCUT2D eigenvalue weighted by Gasteiger charge is -2.21. The molecule has 0 atom stereocenters. The number of rotatable bonds is 7. The number of benzene rings is 1. The van der Waals surface area contributed by atoms with Gasteiger partial charge in [-0.1, -0.05) is 18.2 Å². The molecular formula is C13H22N2O. The van der Waals surface area contributed by atoms with E-state index in [1.54, 1.807) is 0 Å². The lowest BCUT2D eigenvalue weighted by Crippen LogP contribution is -2.21. The second kappa shape index (κ2) is 7.25. The summed E-state index contributed by atoms with van der Waals surface area (Å²) < 4.78 is 5.32. The fourth-order valence-electron chi connectivity index (χ4n) is 1.72. The van der Waals surface area contributed by atoms with Crippen molar-refractivity contribution in [3.05, 3.63) is 29.8 Å². The number of para-hydroxylation sites is 1. The molecule has 0 unspecified atom stereocenters. The maximum absolute atomic E-state index is 5.71. The minimum absolute atomic E-state index is 0.589. The SMILES string of the molecule is CCOCCCN(C)c1ccccc1CN. The van der Waals surface area contributed by atoms with Gasteiger partial charge >= 0.3 is 0 Å². The fourth-order valence-corrected chi connectivity index (χ4v) is 1.72. The van der Waals surface area contributed by atoms with Crippen LogP contribution in [0, 0.1) is 0 Å². The molecule has 0 fully saturated rings. The molecule has 1 rings (SSSR count). The largest absolute Gasteiger partial charge is 0.382 e. The predicted molar refractivity (Wildman–Crippen MR) is 68.7 cm³/mol. The third-order valence-electron chi connectivity index (χ3n) is 2.61. The molecule has 0 heterocycles. The summed E-state index contributed by atoms with van der Waals surface area (Å²) in [6, 6.07) is 8.27. The van der Waals surface area contributed by atoms with Gasteiger partial charge in [0.1, 0.15) is 0 Å². The topological polar surface area (TPSA) is 38.5 Å². The van der Waals surface area contributed by atoms with E-state index in [1.165, 1.54) is 11.3 Å². The van der Waals surface area contributed by atoms with Crippen molar-refractivity contribution in [3.8, 4) is 0 Å². The Morgan fingerprint density at radius 2 is 2.06 bits per heavy atom. The molecule has 0 saturated heterocycles. The Bertz CT molecular complexity index is 302. The average Bonchev–Trinajstić information content (AvgIpc) is 2.34. The summed E-state index contributed by atoms with van der Waals surface area (Å²) in [6.45, 7) is 5.23. The first kappa shape index (κ1) is 13.0. The molecule has 0 saturated carbocycles. The Kier molecular flexibility index (Phi) is 5.90. The Morgan fingerprint density at radius 1 is 1.31 bits per heavy atom. The molecule has 3 heteroatoms. The van der Waals surface area contributed by atoms with Gasteiger partial charge in [-0.3, -0.25) is 0 Å². The minimum atomic E-state index is 0.589. The van der Waals surface area contributed by atoms with Gasteiger partial charge in [-0.05, 0) is 25.0 Å². The van der Waals surface area contributed by atoms with Crippen LogP contribution in [0.4, 0.5) is 5.69 Å². The normalized spacial score (nSPS) is 10.4. The van der Waals surface area contributed by atoms with Gasteiger partial charge in [0.15, 0.2) is 0 Å². The van der Waals surface area contributed by atoms with Gasteiger partial charge in [0, 0.05) is 39.0 Å².